The molecule has 15 heteroatoms. The number of alkyl halides is 1. The van der Waals surface area contributed by atoms with Gasteiger partial charge in [-0.2, -0.15) is 0 Å². The Morgan fingerprint density at radius 1 is 1.00 bits per heavy atom. The van der Waals surface area contributed by atoms with Gasteiger partial charge in [-0.05, 0) is 66.9 Å². The molecule has 3 aromatic carbocycles. The molecule has 1 saturated heterocycles. The minimum Gasteiger partial charge on any atom is -0.409 e. The third kappa shape index (κ3) is 5.84. The number of H-pyrrole nitrogens is 2. The first-order chi connectivity index (χ1) is 24.6. The fourth-order valence-corrected chi connectivity index (χ4v) is 8.24. The average molecular weight is 726 g/mol. The number of piperazine rings is 1. The number of nitro groups is 1. The van der Waals surface area contributed by atoms with E-state index in [1.807, 2.05) is 19.4 Å². The summed E-state index contributed by atoms with van der Waals surface area (Å²) in [6.07, 6.45) is -0.410. The first-order valence-electron chi connectivity index (χ1n) is 16.4. The number of aromatic amines is 2. The molecule has 0 aliphatic carbocycles. The van der Waals surface area contributed by atoms with Crippen LogP contribution in [0.15, 0.2) is 60.0 Å². The van der Waals surface area contributed by atoms with Crippen LogP contribution in [0.25, 0.3) is 31.9 Å². The fourth-order valence-electron chi connectivity index (χ4n) is 6.97. The molecule has 0 bridgehead atoms. The zero-order valence-electron chi connectivity index (χ0n) is 27.6. The van der Waals surface area contributed by atoms with Crippen molar-refractivity contribution in [1.82, 2.24) is 19.8 Å². The molecule has 1 atom stereocenters. The molecule has 2 aliphatic heterocycles. The molecule has 51 heavy (non-hydrogen) atoms. The van der Waals surface area contributed by atoms with E-state index in [4.69, 9.17) is 16.3 Å². The number of carbonyl (C=O) groups is 3. The van der Waals surface area contributed by atoms with E-state index in [1.54, 1.807) is 52.3 Å². The summed E-state index contributed by atoms with van der Waals surface area (Å²) in [5.41, 5.74) is 5.01. The highest BCUT2D eigenvalue weighted by Gasteiger charge is 2.37. The molecule has 6 aromatic rings. The number of nitrogens with zero attached hydrogens (tertiary/aromatic N) is 4. The van der Waals surface area contributed by atoms with Crippen molar-refractivity contribution in [2.24, 2.45) is 0 Å². The Morgan fingerprint density at radius 2 is 1.71 bits per heavy atom. The van der Waals surface area contributed by atoms with Crippen LogP contribution in [-0.4, -0.2) is 88.3 Å². The number of benzene rings is 3. The second-order valence-corrected chi connectivity index (χ2v) is 14.2. The van der Waals surface area contributed by atoms with Crippen LogP contribution < -0.4 is 15.0 Å². The molecule has 3 aromatic heterocycles. The Kier molecular flexibility index (Phi) is 8.16. The Morgan fingerprint density at radius 3 is 2.45 bits per heavy atom. The lowest BCUT2D eigenvalue weighted by Crippen LogP contribution is -2.48. The van der Waals surface area contributed by atoms with Crippen LogP contribution in [-0.2, 0) is 0 Å². The molecule has 0 radical (unpaired) electrons. The van der Waals surface area contributed by atoms with Crippen molar-refractivity contribution in [2.45, 2.75) is 12.8 Å². The van der Waals surface area contributed by atoms with Gasteiger partial charge in [-0.15, -0.1) is 22.9 Å². The van der Waals surface area contributed by atoms with Crippen molar-refractivity contribution in [3.05, 3.63) is 92.6 Å². The summed E-state index contributed by atoms with van der Waals surface area (Å²) in [4.78, 5) is 63.1. The van der Waals surface area contributed by atoms with E-state index in [-0.39, 0.29) is 23.2 Å². The van der Waals surface area contributed by atoms with Gasteiger partial charge in [0.1, 0.15) is 11.4 Å². The number of aromatic nitrogens is 2. The summed E-state index contributed by atoms with van der Waals surface area (Å²) in [6.45, 7) is 5.06. The summed E-state index contributed by atoms with van der Waals surface area (Å²) in [5, 5.41) is 18.3. The number of ether oxygens (including phenoxy) is 1. The van der Waals surface area contributed by atoms with Gasteiger partial charge < -0.3 is 34.7 Å². The van der Waals surface area contributed by atoms with Gasteiger partial charge >= 0.3 is 6.09 Å². The van der Waals surface area contributed by atoms with Crippen molar-refractivity contribution in [1.29, 1.82) is 0 Å². The number of hydrogen-bond donors (Lipinski definition) is 3. The van der Waals surface area contributed by atoms with Gasteiger partial charge in [-0.1, -0.05) is 0 Å². The molecule has 1 fully saturated rings. The lowest BCUT2D eigenvalue weighted by Gasteiger charge is -2.31. The van der Waals surface area contributed by atoms with Crippen molar-refractivity contribution in [3.63, 3.8) is 0 Å². The van der Waals surface area contributed by atoms with Crippen LogP contribution in [0.3, 0.4) is 0 Å². The summed E-state index contributed by atoms with van der Waals surface area (Å²) >= 11 is 8.03. The van der Waals surface area contributed by atoms with Crippen molar-refractivity contribution in [3.8, 4) is 5.75 Å². The molecule has 260 valence electrons. The second-order valence-electron chi connectivity index (χ2n) is 13.0. The average Bonchev–Trinajstić information content (AvgIpc) is 3.91. The van der Waals surface area contributed by atoms with Gasteiger partial charge in [-0.3, -0.25) is 19.7 Å². The topological polar surface area (TPSA) is 157 Å². The Balaban J connectivity index is 1.07. The van der Waals surface area contributed by atoms with Gasteiger partial charge in [0.15, 0.2) is 5.75 Å². The largest absolute Gasteiger partial charge is 0.415 e. The molecular weight excluding hydrogens is 694 g/mol. The summed E-state index contributed by atoms with van der Waals surface area (Å²) in [6, 6.07) is 14.7. The molecule has 3 N–H and O–H groups in total. The Labute approximate surface area is 299 Å². The van der Waals surface area contributed by atoms with E-state index in [0.717, 1.165) is 34.3 Å². The van der Waals surface area contributed by atoms with E-state index in [1.165, 1.54) is 23.5 Å². The monoisotopic (exact) mass is 725 g/mol. The van der Waals surface area contributed by atoms with Crippen LogP contribution >= 0.6 is 22.9 Å². The van der Waals surface area contributed by atoms with Gasteiger partial charge in [-0.25, -0.2) is 4.79 Å². The first kappa shape index (κ1) is 32.7. The van der Waals surface area contributed by atoms with Crippen molar-refractivity contribution < 1.29 is 24.0 Å². The van der Waals surface area contributed by atoms with E-state index < -0.39 is 16.9 Å². The third-order valence-corrected chi connectivity index (χ3v) is 11.2. The van der Waals surface area contributed by atoms with Crippen molar-refractivity contribution in [2.75, 3.05) is 55.9 Å². The number of non-ortho nitro benzene ring substituents is 1. The Hall–Kier alpha value is -5.44. The molecule has 13 nitrogen and oxygen atoms in total. The van der Waals surface area contributed by atoms with Gasteiger partial charge in [0.25, 0.3) is 17.5 Å². The number of carbonyl (C=O) groups excluding carboxylic acids is 3. The minimum atomic E-state index is -0.483. The number of rotatable bonds is 6. The molecular formula is C36H32ClN7O6S. The number of hydrogen-bond acceptors (Lipinski definition) is 8. The van der Waals surface area contributed by atoms with Crippen LogP contribution in [0.5, 0.6) is 5.75 Å². The summed E-state index contributed by atoms with van der Waals surface area (Å²) in [5.74, 6) is -0.0684. The molecule has 3 amide bonds. The molecule has 8 rings (SSSR count). The highest BCUT2D eigenvalue weighted by atomic mass is 35.5. The molecule has 5 heterocycles. The van der Waals surface area contributed by atoms with Crippen LogP contribution in [0.1, 0.15) is 38.0 Å². The van der Waals surface area contributed by atoms with E-state index in [0.29, 0.717) is 70.1 Å². The predicted molar refractivity (Wildman–Crippen MR) is 198 cm³/mol. The van der Waals surface area contributed by atoms with Gasteiger partial charge in [0.05, 0.1) is 15.3 Å². The number of nitro benzene ring substituents is 1. The zero-order chi connectivity index (χ0) is 35.6. The summed E-state index contributed by atoms with van der Waals surface area (Å²) in [7, 11) is 2.02. The Bertz CT molecular complexity index is 2410. The SMILES string of the molecule is Cc1csc2c(OC(=O)N3CCN(C)CC3)cc3c(c12)C(CCl)CN3C(=O)c1cc2cc(NC(=O)c3cc4cc([N+](=O)[O-])ccc4[nH]3)ccc2[nH]1. The quantitative estimate of drug-likeness (QED) is 0.0943. The number of thiophene rings is 1. The lowest BCUT2D eigenvalue weighted by atomic mass is 9.97. The van der Waals surface area contributed by atoms with Gasteiger partial charge in [0, 0.05) is 95.6 Å². The smallest absolute Gasteiger partial charge is 0.409 e. The highest BCUT2D eigenvalue weighted by Crippen LogP contribution is 2.49. The third-order valence-electron chi connectivity index (χ3n) is 9.67. The van der Waals surface area contributed by atoms with Crippen molar-refractivity contribution >= 4 is 89.8 Å². The minimum absolute atomic E-state index is 0.0627. The van der Waals surface area contributed by atoms with E-state index in [9.17, 15) is 24.5 Å². The number of halogens is 1. The number of amides is 3. The summed E-state index contributed by atoms with van der Waals surface area (Å²) < 4.78 is 6.89. The lowest BCUT2D eigenvalue weighted by molar-refractivity contribution is -0.384. The highest BCUT2D eigenvalue weighted by molar-refractivity contribution is 7.17. The van der Waals surface area contributed by atoms with Crippen LogP contribution in [0.2, 0.25) is 0 Å². The van der Waals surface area contributed by atoms with E-state index >= 15 is 0 Å². The number of aryl methyl sites for hydroxylation is 1. The van der Waals surface area contributed by atoms with E-state index in [2.05, 4.69) is 20.2 Å². The zero-order valence-corrected chi connectivity index (χ0v) is 29.2. The maximum Gasteiger partial charge on any atom is 0.415 e. The number of nitrogens with one attached hydrogen (secondary N) is 3. The predicted octanol–water partition coefficient (Wildman–Crippen LogP) is 7.06. The molecule has 0 saturated carbocycles. The number of anilines is 2. The number of likely N-dealkylation sites (N-methyl/N-ethyl adjacent to an activating group) is 1. The van der Waals surface area contributed by atoms with Crippen LogP contribution in [0.4, 0.5) is 21.9 Å². The molecule has 1 unspecified atom stereocenters. The second kappa shape index (κ2) is 12.7. The fraction of sp³-hybridized carbons (Fsp3) is 0.250. The maximum atomic E-state index is 14.2. The molecule has 0 spiro atoms. The normalized spacial score (nSPS) is 16.3. The first-order valence-corrected chi connectivity index (χ1v) is 17.8. The van der Waals surface area contributed by atoms with Gasteiger partial charge in [0.2, 0.25) is 0 Å². The maximum absolute atomic E-state index is 14.2. The standard InChI is InChI=1S/C36H32ClN7O6S/c1-19-18-51-33-30(50-36(47)42-9-7-41(2)8-10-42)15-29-32(31(19)33)22(16-37)17-43(29)35(46)28-14-20-11-23(3-5-25(20)40-28)38-34(45)27-13-21-12-24(44(48)49)4-6-26(21)39-27/h3-6,11-15,18,22,39-40H,7-10,16-17H2,1-2H3,(H,38,45). The van der Waals surface area contributed by atoms with Crippen LogP contribution in [0, 0.1) is 17.0 Å². The number of fused-ring (bicyclic) bond motifs is 5. The molecule has 2 aliphatic rings.